The Morgan fingerprint density at radius 3 is 2.52 bits per heavy atom. The Hall–Kier alpha value is -2.95. The third-order valence-corrected chi connectivity index (χ3v) is 5.55. The van der Waals surface area contributed by atoms with Gasteiger partial charge >= 0.3 is 5.69 Å². The number of aromatic nitrogens is 2. The zero-order valence-corrected chi connectivity index (χ0v) is 19.5. The van der Waals surface area contributed by atoms with Gasteiger partial charge in [-0.25, -0.2) is 4.79 Å². The average Bonchev–Trinajstić information content (AvgIpc) is 2.75. The van der Waals surface area contributed by atoms with Crippen LogP contribution >= 0.6 is 0 Å². The highest BCUT2D eigenvalue weighted by Gasteiger charge is 2.29. The number of nitrogens with two attached hydrogens (primary N) is 1. The van der Waals surface area contributed by atoms with Gasteiger partial charge < -0.3 is 20.1 Å². The number of nitrogens with zero attached hydrogens (tertiary/aromatic N) is 3. The molecule has 3 rings (SSSR count). The molecular formula is C23H33N5O5. The first kappa shape index (κ1) is 24.7. The molecule has 3 N–H and O–H groups in total. The van der Waals surface area contributed by atoms with E-state index in [1.165, 1.54) is 9.47 Å². The summed E-state index contributed by atoms with van der Waals surface area (Å²) in [5.74, 6) is -0.309. The van der Waals surface area contributed by atoms with E-state index in [0.717, 1.165) is 5.56 Å². The highest BCUT2D eigenvalue weighted by atomic mass is 16.5. The zero-order chi connectivity index (χ0) is 24.0. The van der Waals surface area contributed by atoms with Gasteiger partial charge in [-0.3, -0.25) is 24.0 Å². The van der Waals surface area contributed by atoms with Gasteiger partial charge in [0.1, 0.15) is 5.82 Å². The average molecular weight is 460 g/mol. The van der Waals surface area contributed by atoms with Crippen LogP contribution in [0.25, 0.3) is 0 Å². The number of methoxy groups -OCH3 is 1. The number of rotatable bonds is 9. The molecule has 2 atom stereocenters. The van der Waals surface area contributed by atoms with Gasteiger partial charge in [0.2, 0.25) is 5.91 Å². The summed E-state index contributed by atoms with van der Waals surface area (Å²) in [6.07, 6.45) is 0.518. The van der Waals surface area contributed by atoms with Gasteiger partial charge in [0.05, 0.1) is 25.3 Å². The number of ether oxygens (including phenoxy) is 2. The largest absolute Gasteiger partial charge is 0.385 e. The van der Waals surface area contributed by atoms with Crippen LogP contribution in [0.3, 0.4) is 0 Å². The molecule has 1 aromatic carbocycles. The number of H-pyrrole nitrogens is 1. The maximum atomic E-state index is 13.4. The molecule has 0 saturated carbocycles. The molecule has 10 nitrogen and oxygen atoms in total. The molecule has 2 aromatic rings. The fourth-order valence-corrected chi connectivity index (χ4v) is 4.18. The SMILES string of the molecule is COCCCN(C(=O)CN1CC(C)OC(C)C1)c1c(N)n(Cc2ccccc2)c(=O)[nH]c1=O. The van der Waals surface area contributed by atoms with Crippen LogP contribution in [0.4, 0.5) is 11.5 Å². The van der Waals surface area contributed by atoms with Crippen LogP contribution in [0.5, 0.6) is 0 Å². The molecule has 1 fully saturated rings. The number of carbonyl (C=O) groups is 1. The summed E-state index contributed by atoms with van der Waals surface area (Å²) in [7, 11) is 1.57. The third-order valence-electron chi connectivity index (χ3n) is 5.55. The van der Waals surface area contributed by atoms with Crippen molar-refractivity contribution in [3.63, 3.8) is 0 Å². The molecule has 1 aromatic heterocycles. The van der Waals surface area contributed by atoms with E-state index in [4.69, 9.17) is 15.2 Å². The first-order valence-electron chi connectivity index (χ1n) is 11.1. The van der Waals surface area contributed by atoms with Crippen molar-refractivity contribution in [2.45, 2.75) is 39.0 Å². The van der Waals surface area contributed by atoms with Crippen molar-refractivity contribution >= 4 is 17.4 Å². The standard InChI is InChI=1S/C23H33N5O5/c1-16-12-26(13-17(2)33-16)15-19(29)27(10-7-11-32-3)20-21(24)28(23(31)25-22(20)30)14-18-8-5-4-6-9-18/h4-6,8-9,16-17H,7,10-15,24H2,1-3H3,(H,25,30,31). The number of nitrogen functional groups attached to an aromatic ring is 1. The molecule has 180 valence electrons. The van der Waals surface area contributed by atoms with Crippen molar-refractivity contribution in [2.24, 2.45) is 0 Å². The fraction of sp³-hybridized carbons (Fsp3) is 0.522. The highest BCUT2D eigenvalue weighted by molar-refractivity contribution is 5.96. The normalized spacial score (nSPS) is 18.9. The Morgan fingerprint density at radius 1 is 1.21 bits per heavy atom. The minimum absolute atomic E-state index is 0.00439. The van der Waals surface area contributed by atoms with Crippen molar-refractivity contribution in [3.05, 3.63) is 56.7 Å². The van der Waals surface area contributed by atoms with E-state index in [9.17, 15) is 14.4 Å². The smallest absolute Gasteiger partial charge is 0.330 e. The maximum Gasteiger partial charge on any atom is 0.330 e. The molecule has 0 bridgehead atoms. The Balaban J connectivity index is 1.94. The number of carbonyl (C=O) groups excluding carboxylic acids is 1. The van der Waals surface area contributed by atoms with Crippen molar-refractivity contribution < 1.29 is 14.3 Å². The summed E-state index contributed by atoms with van der Waals surface area (Å²) in [5.41, 5.74) is 5.87. The lowest BCUT2D eigenvalue weighted by atomic mass is 10.2. The van der Waals surface area contributed by atoms with E-state index < -0.39 is 11.2 Å². The fourth-order valence-electron chi connectivity index (χ4n) is 4.18. The summed E-state index contributed by atoms with van der Waals surface area (Å²) in [6, 6.07) is 9.30. The van der Waals surface area contributed by atoms with Gasteiger partial charge in [-0.2, -0.15) is 0 Å². The van der Waals surface area contributed by atoms with Crippen LogP contribution in [0.15, 0.2) is 39.9 Å². The molecule has 33 heavy (non-hydrogen) atoms. The number of aromatic amines is 1. The Morgan fingerprint density at radius 2 is 1.88 bits per heavy atom. The molecule has 1 aliphatic rings. The Bertz CT molecular complexity index is 1040. The lowest BCUT2D eigenvalue weighted by molar-refractivity contribution is -0.123. The number of amides is 1. The second-order valence-electron chi connectivity index (χ2n) is 8.41. The van der Waals surface area contributed by atoms with Crippen LogP contribution in [-0.4, -0.2) is 72.5 Å². The van der Waals surface area contributed by atoms with E-state index >= 15 is 0 Å². The number of morpholine rings is 1. The molecule has 0 spiro atoms. The summed E-state index contributed by atoms with van der Waals surface area (Å²) in [4.78, 5) is 44.5. The van der Waals surface area contributed by atoms with E-state index in [0.29, 0.717) is 26.1 Å². The molecule has 1 amide bonds. The lowest BCUT2D eigenvalue weighted by Gasteiger charge is -2.36. The van der Waals surface area contributed by atoms with E-state index in [1.54, 1.807) is 7.11 Å². The maximum absolute atomic E-state index is 13.4. The number of benzene rings is 1. The van der Waals surface area contributed by atoms with E-state index in [-0.39, 0.29) is 49.3 Å². The predicted molar refractivity (Wildman–Crippen MR) is 127 cm³/mol. The van der Waals surface area contributed by atoms with Crippen LogP contribution in [0, 0.1) is 0 Å². The van der Waals surface area contributed by atoms with Crippen molar-refractivity contribution in [3.8, 4) is 0 Å². The van der Waals surface area contributed by atoms with Gasteiger partial charge in [0, 0.05) is 33.4 Å². The molecule has 0 aliphatic carbocycles. The summed E-state index contributed by atoms with van der Waals surface area (Å²) in [6.45, 7) is 6.09. The topological polar surface area (TPSA) is 123 Å². The molecule has 1 saturated heterocycles. The number of nitrogens with one attached hydrogen (secondary N) is 1. The molecule has 10 heteroatoms. The molecule has 0 radical (unpaired) electrons. The van der Waals surface area contributed by atoms with Crippen molar-refractivity contribution in [2.75, 3.05) is 50.5 Å². The number of anilines is 2. The molecule has 1 aliphatic heterocycles. The minimum Gasteiger partial charge on any atom is -0.385 e. The van der Waals surface area contributed by atoms with Gasteiger partial charge in [-0.05, 0) is 25.8 Å². The zero-order valence-electron chi connectivity index (χ0n) is 19.5. The summed E-state index contributed by atoms with van der Waals surface area (Å²) < 4.78 is 12.2. The van der Waals surface area contributed by atoms with Crippen LogP contribution < -0.4 is 21.9 Å². The Labute approximate surface area is 192 Å². The number of hydrogen-bond donors (Lipinski definition) is 2. The second-order valence-corrected chi connectivity index (χ2v) is 8.41. The summed E-state index contributed by atoms with van der Waals surface area (Å²) >= 11 is 0. The molecule has 2 heterocycles. The van der Waals surface area contributed by atoms with Gasteiger partial charge in [0.25, 0.3) is 5.56 Å². The van der Waals surface area contributed by atoms with Crippen LogP contribution in [-0.2, 0) is 20.8 Å². The first-order valence-corrected chi connectivity index (χ1v) is 11.1. The van der Waals surface area contributed by atoms with Gasteiger partial charge in [-0.1, -0.05) is 30.3 Å². The summed E-state index contributed by atoms with van der Waals surface area (Å²) in [5, 5.41) is 0. The quantitative estimate of drug-likeness (QED) is 0.528. The first-order chi connectivity index (χ1) is 15.8. The molecular weight excluding hydrogens is 426 g/mol. The van der Waals surface area contributed by atoms with Crippen molar-refractivity contribution in [1.29, 1.82) is 0 Å². The van der Waals surface area contributed by atoms with Gasteiger partial charge in [0.15, 0.2) is 5.69 Å². The van der Waals surface area contributed by atoms with Gasteiger partial charge in [-0.15, -0.1) is 0 Å². The predicted octanol–water partition coefficient (Wildman–Crippen LogP) is 0.646. The minimum atomic E-state index is -0.684. The monoisotopic (exact) mass is 459 g/mol. The van der Waals surface area contributed by atoms with Crippen molar-refractivity contribution in [1.82, 2.24) is 14.5 Å². The second kappa shape index (κ2) is 11.3. The van der Waals surface area contributed by atoms with E-state index in [2.05, 4.69) is 4.98 Å². The van der Waals surface area contributed by atoms with Crippen LogP contribution in [0.1, 0.15) is 25.8 Å². The lowest BCUT2D eigenvalue weighted by Crippen LogP contribution is -2.51. The Kier molecular flexibility index (Phi) is 8.43. The third kappa shape index (κ3) is 6.31. The molecule has 2 unspecified atom stereocenters. The highest BCUT2D eigenvalue weighted by Crippen LogP contribution is 2.19. The van der Waals surface area contributed by atoms with E-state index in [1.807, 2.05) is 49.1 Å². The van der Waals surface area contributed by atoms with Crippen LogP contribution in [0.2, 0.25) is 0 Å². The number of hydrogen-bond acceptors (Lipinski definition) is 7.